The van der Waals surface area contributed by atoms with E-state index in [-0.39, 0.29) is 17.7 Å². The summed E-state index contributed by atoms with van der Waals surface area (Å²) in [6.45, 7) is 0.439. The first-order chi connectivity index (χ1) is 12.9. The van der Waals surface area contributed by atoms with Crippen LogP contribution in [0.2, 0.25) is 0 Å². The Labute approximate surface area is 174 Å². The number of rotatable bonds is 7. The number of carbonyl (C=O) groups excluding carboxylic acids is 3. The normalized spacial score (nSPS) is 14.4. The Morgan fingerprint density at radius 1 is 1.19 bits per heavy atom. The third-order valence-corrected chi connectivity index (χ3v) is 6.67. The third-order valence-electron chi connectivity index (χ3n) is 4.42. The molecule has 1 atom stereocenters. The van der Waals surface area contributed by atoms with Crippen LogP contribution in [0.15, 0.2) is 40.2 Å². The highest BCUT2D eigenvalue weighted by Crippen LogP contribution is 2.28. The number of halogens is 1. The van der Waals surface area contributed by atoms with Crippen molar-refractivity contribution in [1.82, 2.24) is 9.80 Å². The average Bonchev–Trinajstić information content (AvgIpc) is 3.18. The number of hydrogen-bond acceptors (Lipinski definition) is 5. The minimum atomic E-state index is -0.793. The zero-order chi connectivity index (χ0) is 19.6. The van der Waals surface area contributed by atoms with E-state index in [2.05, 4.69) is 15.9 Å². The van der Waals surface area contributed by atoms with Gasteiger partial charge in [-0.25, -0.2) is 0 Å². The fourth-order valence-corrected chi connectivity index (χ4v) is 5.08. The van der Waals surface area contributed by atoms with Gasteiger partial charge in [0.05, 0.1) is 21.5 Å². The second-order valence-electron chi connectivity index (χ2n) is 6.22. The molecule has 3 amide bonds. The standard InChI is InChI=1S/C19H19BrN2O3S2/c1-21(11-12-7-8-16(20)27-12)19(25)15(9-10-26-2)22-17(23)13-5-3-4-6-14(13)18(22)24/h3-8,15H,9-11H2,1-2H3. The molecule has 8 heteroatoms. The van der Waals surface area contributed by atoms with E-state index in [1.165, 1.54) is 0 Å². The van der Waals surface area contributed by atoms with Gasteiger partial charge < -0.3 is 4.90 Å². The van der Waals surface area contributed by atoms with Crippen LogP contribution in [-0.4, -0.2) is 52.6 Å². The van der Waals surface area contributed by atoms with Crippen LogP contribution in [0, 0.1) is 0 Å². The predicted octanol–water partition coefficient (Wildman–Crippen LogP) is 3.89. The Balaban J connectivity index is 1.84. The van der Waals surface area contributed by atoms with Crippen LogP contribution in [0.1, 0.15) is 32.0 Å². The maximum atomic E-state index is 13.2. The number of amides is 3. The largest absolute Gasteiger partial charge is 0.339 e. The summed E-state index contributed by atoms with van der Waals surface area (Å²) >= 11 is 6.57. The molecule has 1 aliphatic rings. The number of hydrogen-bond donors (Lipinski definition) is 0. The van der Waals surface area contributed by atoms with Crippen LogP contribution in [-0.2, 0) is 11.3 Å². The third kappa shape index (κ3) is 4.12. The van der Waals surface area contributed by atoms with Crippen LogP contribution in [0.5, 0.6) is 0 Å². The molecule has 0 saturated carbocycles. The zero-order valence-electron chi connectivity index (χ0n) is 15.0. The lowest BCUT2D eigenvalue weighted by Crippen LogP contribution is -2.50. The van der Waals surface area contributed by atoms with Crippen molar-refractivity contribution in [3.8, 4) is 0 Å². The Kier molecular flexibility index (Phi) is 6.39. The van der Waals surface area contributed by atoms with Crippen molar-refractivity contribution in [3.63, 3.8) is 0 Å². The summed E-state index contributed by atoms with van der Waals surface area (Å²) in [5.74, 6) is -0.310. The van der Waals surface area contributed by atoms with Gasteiger partial charge in [0.25, 0.3) is 11.8 Å². The van der Waals surface area contributed by atoms with E-state index in [0.29, 0.717) is 29.8 Å². The summed E-state index contributed by atoms with van der Waals surface area (Å²) in [7, 11) is 1.71. The van der Waals surface area contributed by atoms with Crippen LogP contribution >= 0.6 is 39.0 Å². The second-order valence-corrected chi connectivity index (χ2v) is 9.76. The number of benzene rings is 1. The smallest absolute Gasteiger partial charge is 0.262 e. The summed E-state index contributed by atoms with van der Waals surface area (Å²) in [5, 5.41) is 0. The fourth-order valence-electron chi connectivity index (χ4n) is 3.09. The Morgan fingerprint density at radius 3 is 2.33 bits per heavy atom. The predicted molar refractivity (Wildman–Crippen MR) is 112 cm³/mol. The van der Waals surface area contributed by atoms with Crippen LogP contribution < -0.4 is 0 Å². The molecule has 0 spiro atoms. The van der Waals surface area contributed by atoms with Gasteiger partial charge in [0.2, 0.25) is 5.91 Å². The molecular weight excluding hydrogens is 448 g/mol. The van der Waals surface area contributed by atoms with E-state index >= 15 is 0 Å². The van der Waals surface area contributed by atoms with Crippen molar-refractivity contribution in [2.45, 2.75) is 19.0 Å². The maximum Gasteiger partial charge on any atom is 0.262 e. The van der Waals surface area contributed by atoms with Crippen molar-refractivity contribution in [2.24, 2.45) is 0 Å². The summed E-state index contributed by atoms with van der Waals surface area (Å²) in [4.78, 5) is 42.6. The summed E-state index contributed by atoms with van der Waals surface area (Å²) in [6, 6.07) is 9.83. The first-order valence-corrected chi connectivity index (χ1v) is 11.4. The molecule has 0 aliphatic carbocycles. The number of carbonyl (C=O) groups is 3. The summed E-state index contributed by atoms with van der Waals surface area (Å²) < 4.78 is 0.998. The highest BCUT2D eigenvalue weighted by atomic mass is 79.9. The van der Waals surface area contributed by atoms with E-state index in [9.17, 15) is 14.4 Å². The highest BCUT2D eigenvalue weighted by molar-refractivity contribution is 9.11. The van der Waals surface area contributed by atoms with Gasteiger partial charge in [-0.15, -0.1) is 11.3 Å². The molecule has 1 unspecified atom stereocenters. The Morgan fingerprint density at radius 2 is 1.81 bits per heavy atom. The molecule has 0 N–H and O–H groups in total. The molecule has 3 rings (SSSR count). The van der Waals surface area contributed by atoms with Gasteiger partial charge in [-0.1, -0.05) is 12.1 Å². The van der Waals surface area contributed by atoms with Crippen LogP contribution in [0.25, 0.3) is 0 Å². The lowest BCUT2D eigenvalue weighted by molar-refractivity contribution is -0.134. The first kappa shape index (κ1) is 20.1. The van der Waals surface area contributed by atoms with E-state index < -0.39 is 6.04 Å². The van der Waals surface area contributed by atoms with Gasteiger partial charge >= 0.3 is 0 Å². The Hall–Kier alpha value is -1.64. The molecule has 5 nitrogen and oxygen atoms in total. The van der Waals surface area contributed by atoms with Gasteiger partial charge in [0.1, 0.15) is 6.04 Å². The van der Waals surface area contributed by atoms with Crippen LogP contribution in [0.4, 0.5) is 0 Å². The summed E-state index contributed by atoms with van der Waals surface area (Å²) in [5.41, 5.74) is 0.739. The second kappa shape index (κ2) is 8.58. The Bertz CT molecular complexity index is 848. The molecule has 27 heavy (non-hydrogen) atoms. The van der Waals surface area contributed by atoms with Crippen molar-refractivity contribution in [2.75, 3.05) is 19.1 Å². The van der Waals surface area contributed by atoms with Crippen molar-refractivity contribution in [1.29, 1.82) is 0 Å². The number of thioether (sulfide) groups is 1. The maximum absolute atomic E-state index is 13.2. The van der Waals surface area contributed by atoms with Gasteiger partial charge in [0.15, 0.2) is 0 Å². The topological polar surface area (TPSA) is 57.7 Å². The molecule has 2 heterocycles. The van der Waals surface area contributed by atoms with Crippen molar-refractivity contribution >= 4 is 56.8 Å². The molecule has 1 aromatic carbocycles. The minimum absolute atomic E-state index is 0.219. The van der Waals surface area contributed by atoms with Gasteiger partial charge in [-0.05, 0) is 58.6 Å². The average molecular weight is 467 g/mol. The summed E-state index contributed by atoms with van der Waals surface area (Å²) in [6.07, 6.45) is 2.38. The van der Waals surface area contributed by atoms with E-state index in [1.807, 2.05) is 18.4 Å². The molecule has 1 aromatic heterocycles. The number of likely N-dealkylation sites (N-methyl/N-ethyl adjacent to an activating group) is 1. The molecule has 0 fully saturated rings. The SMILES string of the molecule is CSCCC(C(=O)N(C)Cc1ccc(Br)s1)N1C(=O)c2ccccc2C1=O. The molecule has 0 radical (unpaired) electrons. The molecule has 1 aliphatic heterocycles. The lowest BCUT2D eigenvalue weighted by Gasteiger charge is -2.29. The van der Waals surface area contributed by atoms with Gasteiger partial charge in [0, 0.05) is 11.9 Å². The number of thiophene rings is 1. The molecule has 2 aromatic rings. The van der Waals surface area contributed by atoms with Crippen LogP contribution in [0.3, 0.4) is 0 Å². The van der Waals surface area contributed by atoms with E-state index in [4.69, 9.17) is 0 Å². The molecule has 0 bridgehead atoms. The van der Waals surface area contributed by atoms with Crippen molar-refractivity contribution < 1.29 is 14.4 Å². The van der Waals surface area contributed by atoms with E-state index in [1.54, 1.807) is 59.3 Å². The quantitative estimate of drug-likeness (QED) is 0.580. The molecule has 142 valence electrons. The molecular formula is C19H19BrN2O3S2. The van der Waals surface area contributed by atoms with Crippen molar-refractivity contribution in [3.05, 3.63) is 56.2 Å². The monoisotopic (exact) mass is 466 g/mol. The van der Waals surface area contributed by atoms with E-state index in [0.717, 1.165) is 13.6 Å². The number of imide groups is 1. The molecule has 0 saturated heterocycles. The number of fused-ring (bicyclic) bond motifs is 1. The van der Waals surface area contributed by atoms with Gasteiger partial charge in [-0.3, -0.25) is 19.3 Å². The zero-order valence-corrected chi connectivity index (χ0v) is 18.2. The number of nitrogens with zero attached hydrogens (tertiary/aromatic N) is 2. The minimum Gasteiger partial charge on any atom is -0.339 e. The highest BCUT2D eigenvalue weighted by Gasteiger charge is 2.43. The van der Waals surface area contributed by atoms with Gasteiger partial charge in [-0.2, -0.15) is 11.8 Å². The fraction of sp³-hybridized carbons (Fsp3) is 0.316. The first-order valence-electron chi connectivity index (χ1n) is 8.39. The lowest BCUT2D eigenvalue weighted by atomic mass is 10.1.